The second-order valence-corrected chi connectivity index (χ2v) is 7.09. The molecule has 1 aliphatic heterocycles. The van der Waals surface area contributed by atoms with Gasteiger partial charge in [0.25, 0.3) is 5.91 Å². The third-order valence-corrected chi connectivity index (χ3v) is 5.73. The van der Waals surface area contributed by atoms with Gasteiger partial charge in [-0.2, -0.15) is 0 Å². The van der Waals surface area contributed by atoms with Crippen LogP contribution in [0.25, 0.3) is 0 Å². The van der Waals surface area contributed by atoms with E-state index < -0.39 is 0 Å². The van der Waals surface area contributed by atoms with Crippen molar-refractivity contribution in [1.29, 1.82) is 0 Å². The Hall–Kier alpha value is -1.23. The first-order chi connectivity index (χ1) is 9.61. The molecule has 0 bridgehead atoms. The van der Waals surface area contributed by atoms with Gasteiger partial charge in [-0.1, -0.05) is 6.92 Å². The molecule has 0 spiro atoms. The smallest absolute Gasteiger partial charge is 0.263 e. The molecule has 0 radical (unpaired) electrons. The highest BCUT2D eigenvalue weighted by molar-refractivity contribution is 7.18. The molecule has 20 heavy (non-hydrogen) atoms. The molecular formula is C15H23N3OS. The van der Waals surface area contributed by atoms with Gasteiger partial charge < -0.3 is 16.0 Å². The van der Waals surface area contributed by atoms with Gasteiger partial charge in [0, 0.05) is 25.7 Å². The minimum absolute atomic E-state index is 0.0500. The maximum absolute atomic E-state index is 12.0. The zero-order valence-electron chi connectivity index (χ0n) is 12.2. The lowest BCUT2D eigenvalue weighted by atomic mass is 9.99. The van der Waals surface area contributed by atoms with Crippen LogP contribution in [0.5, 0.6) is 0 Å². The van der Waals surface area contributed by atoms with Crippen molar-refractivity contribution in [2.45, 2.75) is 38.5 Å². The lowest BCUT2D eigenvalue weighted by molar-refractivity contribution is 0.0968. The summed E-state index contributed by atoms with van der Waals surface area (Å²) in [6, 6.07) is 0. The number of thiophene rings is 1. The van der Waals surface area contributed by atoms with Gasteiger partial charge in [-0.3, -0.25) is 4.79 Å². The molecule has 0 unspecified atom stereocenters. The molecule has 1 saturated heterocycles. The van der Waals surface area contributed by atoms with Crippen LogP contribution in [0.15, 0.2) is 0 Å². The quantitative estimate of drug-likeness (QED) is 0.901. The van der Waals surface area contributed by atoms with Gasteiger partial charge in [0.1, 0.15) is 4.88 Å². The zero-order chi connectivity index (χ0) is 14.3. The number of rotatable bonds is 3. The van der Waals surface area contributed by atoms with Crippen molar-refractivity contribution < 1.29 is 4.79 Å². The second-order valence-electron chi connectivity index (χ2n) is 6.09. The minimum Gasteiger partial charge on any atom is -0.397 e. The summed E-state index contributed by atoms with van der Waals surface area (Å²) in [5.41, 5.74) is 8.26. The highest BCUT2D eigenvalue weighted by atomic mass is 32.1. The minimum atomic E-state index is -0.0500. The van der Waals surface area contributed by atoms with Crippen molar-refractivity contribution in [1.82, 2.24) is 5.32 Å². The van der Waals surface area contributed by atoms with Gasteiger partial charge in [0.05, 0.1) is 10.7 Å². The molecule has 5 heteroatoms. The molecule has 2 heterocycles. The number of nitrogens with zero attached hydrogens (tertiary/aromatic N) is 1. The van der Waals surface area contributed by atoms with Gasteiger partial charge in [-0.15, -0.1) is 11.3 Å². The van der Waals surface area contributed by atoms with Crippen LogP contribution in [-0.2, 0) is 0 Å². The van der Waals surface area contributed by atoms with E-state index in [0.717, 1.165) is 24.7 Å². The number of carbonyl (C=O) groups is 1. The number of piperidine rings is 1. The van der Waals surface area contributed by atoms with E-state index in [1.165, 1.54) is 36.2 Å². The van der Waals surface area contributed by atoms with Gasteiger partial charge in [0.2, 0.25) is 0 Å². The first kappa shape index (κ1) is 13.7. The van der Waals surface area contributed by atoms with E-state index in [-0.39, 0.29) is 5.91 Å². The Labute approximate surface area is 124 Å². The molecule has 0 aromatic carbocycles. The van der Waals surface area contributed by atoms with E-state index >= 15 is 0 Å². The van der Waals surface area contributed by atoms with Crippen molar-refractivity contribution >= 4 is 27.9 Å². The summed E-state index contributed by atoms with van der Waals surface area (Å²) in [6.45, 7) is 4.50. The van der Waals surface area contributed by atoms with Crippen molar-refractivity contribution in [3.05, 3.63) is 10.4 Å². The molecule has 110 valence electrons. The fourth-order valence-electron chi connectivity index (χ4n) is 2.94. The fourth-order valence-corrected chi connectivity index (χ4v) is 4.25. The lowest BCUT2D eigenvalue weighted by Crippen LogP contribution is -2.32. The Balaban J connectivity index is 1.94. The Morgan fingerprint density at radius 2 is 1.95 bits per heavy atom. The van der Waals surface area contributed by atoms with Crippen LogP contribution in [0.3, 0.4) is 0 Å². The highest BCUT2D eigenvalue weighted by Crippen LogP contribution is 2.52. The van der Waals surface area contributed by atoms with E-state index in [0.29, 0.717) is 10.8 Å². The molecule has 4 nitrogen and oxygen atoms in total. The van der Waals surface area contributed by atoms with Crippen LogP contribution in [0, 0.1) is 5.92 Å². The summed E-state index contributed by atoms with van der Waals surface area (Å²) in [4.78, 5) is 15.1. The first-order valence-corrected chi connectivity index (χ1v) is 8.32. The van der Waals surface area contributed by atoms with Gasteiger partial charge >= 0.3 is 0 Å². The average Bonchev–Trinajstić information content (AvgIpc) is 3.22. The van der Waals surface area contributed by atoms with Crippen LogP contribution < -0.4 is 16.0 Å². The monoisotopic (exact) mass is 293 g/mol. The fraction of sp³-hybridized carbons (Fsp3) is 0.667. The number of nitrogens with one attached hydrogen (secondary N) is 1. The summed E-state index contributed by atoms with van der Waals surface area (Å²) in [5, 5.41) is 3.96. The summed E-state index contributed by atoms with van der Waals surface area (Å²) < 4.78 is 0. The maximum atomic E-state index is 12.0. The molecule has 1 aromatic rings. The standard InChI is InChI=1S/C15H23N3OS/c1-9-5-7-18(8-6-9)15-11(10-3-4-10)12(16)13(20-15)14(19)17-2/h9-10H,3-8,16H2,1-2H3,(H,17,19). The molecule has 3 N–H and O–H groups in total. The summed E-state index contributed by atoms with van der Waals surface area (Å²) in [5.74, 6) is 1.34. The van der Waals surface area contributed by atoms with E-state index in [4.69, 9.17) is 5.73 Å². The molecule has 2 aliphatic rings. The molecule has 0 atom stereocenters. The first-order valence-electron chi connectivity index (χ1n) is 7.51. The lowest BCUT2D eigenvalue weighted by Gasteiger charge is -2.32. The molecule has 1 aromatic heterocycles. The van der Waals surface area contributed by atoms with Gasteiger partial charge in [-0.25, -0.2) is 0 Å². The molecule has 1 amide bonds. The van der Waals surface area contributed by atoms with Crippen molar-refractivity contribution in [3.63, 3.8) is 0 Å². The van der Waals surface area contributed by atoms with Gasteiger partial charge in [-0.05, 0) is 37.5 Å². The van der Waals surface area contributed by atoms with Crippen molar-refractivity contribution in [2.75, 3.05) is 30.8 Å². The van der Waals surface area contributed by atoms with Crippen LogP contribution in [0.2, 0.25) is 0 Å². The number of nitrogens with two attached hydrogens (primary N) is 1. The highest BCUT2D eigenvalue weighted by Gasteiger charge is 2.35. The Bertz CT molecular complexity index is 513. The number of hydrogen-bond donors (Lipinski definition) is 2. The SMILES string of the molecule is CNC(=O)c1sc(N2CCC(C)CC2)c(C2CC2)c1N. The molecule has 1 saturated carbocycles. The Kier molecular flexibility index (Phi) is 3.63. The van der Waals surface area contributed by atoms with Crippen LogP contribution in [0.1, 0.15) is 53.8 Å². The predicted octanol–water partition coefficient (Wildman–Crippen LogP) is 2.80. The van der Waals surface area contributed by atoms with E-state index in [9.17, 15) is 4.79 Å². The normalized spacial score (nSPS) is 20.2. The number of hydrogen-bond acceptors (Lipinski definition) is 4. The number of anilines is 2. The second kappa shape index (κ2) is 5.28. The van der Waals surface area contributed by atoms with E-state index in [1.807, 2.05) is 0 Å². The van der Waals surface area contributed by atoms with Crippen LogP contribution in [-0.4, -0.2) is 26.0 Å². The number of carbonyl (C=O) groups excluding carboxylic acids is 1. The van der Waals surface area contributed by atoms with Crippen molar-refractivity contribution in [3.8, 4) is 0 Å². The number of amides is 1. The number of nitrogen functional groups attached to an aromatic ring is 1. The maximum Gasteiger partial charge on any atom is 0.263 e. The molecule has 2 fully saturated rings. The molecule has 3 rings (SSSR count). The zero-order valence-corrected chi connectivity index (χ0v) is 13.1. The Morgan fingerprint density at radius 1 is 1.30 bits per heavy atom. The third-order valence-electron chi connectivity index (χ3n) is 4.45. The predicted molar refractivity (Wildman–Crippen MR) is 84.7 cm³/mol. The molecular weight excluding hydrogens is 270 g/mol. The van der Waals surface area contributed by atoms with Crippen LogP contribution in [0.4, 0.5) is 10.7 Å². The average molecular weight is 293 g/mol. The topological polar surface area (TPSA) is 58.4 Å². The molecule has 1 aliphatic carbocycles. The van der Waals surface area contributed by atoms with Crippen molar-refractivity contribution in [2.24, 2.45) is 5.92 Å². The van der Waals surface area contributed by atoms with E-state index in [1.54, 1.807) is 18.4 Å². The van der Waals surface area contributed by atoms with Crippen LogP contribution >= 0.6 is 11.3 Å². The largest absolute Gasteiger partial charge is 0.397 e. The summed E-state index contributed by atoms with van der Waals surface area (Å²) in [7, 11) is 1.67. The summed E-state index contributed by atoms with van der Waals surface area (Å²) in [6.07, 6.45) is 4.89. The third kappa shape index (κ3) is 2.39. The summed E-state index contributed by atoms with van der Waals surface area (Å²) >= 11 is 1.58. The van der Waals surface area contributed by atoms with E-state index in [2.05, 4.69) is 17.1 Å². The van der Waals surface area contributed by atoms with Gasteiger partial charge in [0.15, 0.2) is 0 Å². The Morgan fingerprint density at radius 3 is 2.50 bits per heavy atom.